The molecule has 2 aliphatic carbocycles. The Morgan fingerprint density at radius 3 is 1.15 bits per heavy atom. The van der Waals surface area contributed by atoms with E-state index in [9.17, 15) is 26.3 Å². The first-order valence-electron chi connectivity index (χ1n) is 9.20. The van der Waals surface area contributed by atoms with E-state index in [0.29, 0.717) is 11.8 Å². The molecule has 0 heterocycles. The minimum absolute atomic E-state index is 0.491. The largest absolute Gasteiger partial charge is 0.741 e. The molecule has 6 nitrogen and oxygen atoms in total. The molecule has 15 heteroatoms. The maximum atomic E-state index is 10.7. The van der Waals surface area contributed by atoms with Gasteiger partial charge in [-0.05, 0) is 0 Å². The van der Waals surface area contributed by atoms with Gasteiger partial charge in [0.05, 0.1) is 0 Å². The van der Waals surface area contributed by atoms with Crippen LogP contribution in [0.15, 0.2) is 42.0 Å². The van der Waals surface area contributed by atoms with Crippen molar-refractivity contribution < 1.29 is 75.5 Å². The van der Waals surface area contributed by atoms with Crippen molar-refractivity contribution in [3.63, 3.8) is 0 Å². The molecular weight excluding hydrogens is 582 g/mol. The van der Waals surface area contributed by atoms with Gasteiger partial charge in [-0.1, -0.05) is 0 Å². The van der Waals surface area contributed by atoms with Gasteiger partial charge in [0.2, 0.25) is 0 Å². The molecule has 0 aromatic heterocycles. The van der Waals surface area contributed by atoms with Gasteiger partial charge in [-0.3, -0.25) is 0 Å². The van der Waals surface area contributed by atoms with Gasteiger partial charge in [0.25, 0.3) is 0 Å². The smallest absolute Gasteiger partial charge is 0.485 e. The fourth-order valence-corrected chi connectivity index (χ4v) is 7.07. The molecule has 0 saturated heterocycles. The Morgan fingerprint density at radius 1 is 0.727 bits per heavy atom. The summed E-state index contributed by atoms with van der Waals surface area (Å²) in [6, 6.07) is 0. The van der Waals surface area contributed by atoms with Crippen LogP contribution in [0.2, 0.25) is 0 Å². The Hall–Kier alpha value is -0.757. The minimum Gasteiger partial charge on any atom is -0.741 e. The second-order valence-corrected chi connectivity index (χ2v) is 13.6. The van der Waals surface area contributed by atoms with E-state index >= 15 is 0 Å². The molecule has 0 atom stereocenters. The van der Waals surface area contributed by atoms with E-state index in [-0.39, 0.29) is 0 Å². The van der Waals surface area contributed by atoms with Crippen LogP contribution in [0.1, 0.15) is 40.5 Å². The van der Waals surface area contributed by atoms with Crippen molar-refractivity contribution in [2.45, 2.75) is 51.6 Å². The van der Waals surface area contributed by atoms with Gasteiger partial charge in [-0.25, -0.2) is 16.8 Å². The summed E-state index contributed by atoms with van der Waals surface area (Å²) in [7, 11) is -12.2. The quantitative estimate of drug-likeness (QED) is 0.256. The molecule has 0 aliphatic heterocycles. The zero-order valence-corrected chi connectivity index (χ0v) is 22.0. The third kappa shape index (κ3) is 11.0. The summed E-state index contributed by atoms with van der Waals surface area (Å²) in [6.07, 6.45) is 12.0. The normalized spacial score (nSPS) is 16.7. The van der Waals surface area contributed by atoms with Crippen molar-refractivity contribution in [1.82, 2.24) is 0 Å². The fourth-order valence-electron chi connectivity index (χ4n) is 2.55. The Bertz CT molecular complexity index is 936. The molecule has 0 amide bonds. The number of rotatable bonds is 4. The summed E-state index contributed by atoms with van der Waals surface area (Å²) in [4.78, 5) is 0. The van der Waals surface area contributed by atoms with E-state index in [2.05, 4.69) is 52.0 Å². The molecule has 0 unspecified atom stereocenters. The first kappa shape index (κ1) is 32.2. The fraction of sp³-hybridized carbons (Fsp3) is 0.556. The number of allylic oxidation sites excluding steroid dienone is 8. The SMILES string of the molecule is CC(C)C1=[C]([Zr+2][C]2=C(C(C)C)C=CC2)CC=C1.O=S(=O)([O-])C(F)(F)F.O=S(=O)([O-])C(F)(F)F. The van der Waals surface area contributed by atoms with Crippen LogP contribution in [0, 0.1) is 11.8 Å². The van der Waals surface area contributed by atoms with Crippen molar-refractivity contribution in [2.75, 3.05) is 0 Å². The van der Waals surface area contributed by atoms with E-state index in [4.69, 9.17) is 25.9 Å². The van der Waals surface area contributed by atoms with Crippen molar-refractivity contribution in [3.8, 4) is 0 Å². The molecule has 0 N–H and O–H groups in total. The van der Waals surface area contributed by atoms with Crippen LogP contribution in [0.3, 0.4) is 0 Å². The third-order valence-corrected chi connectivity index (χ3v) is 9.09. The van der Waals surface area contributed by atoms with Gasteiger partial charge in [0.15, 0.2) is 20.2 Å². The van der Waals surface area contributed by atoms with Crippen LogP contribution < -0.4 is 0 Å². The average molecular weight is 604 g/mol. The van der Waals surface area contributed by atoms with Gasteiger partial charge >= 0.3 is 129 Å². The van der Waals surface area contributed by atoms with Gasteiger partial charge < -0.3 is 9.11 Å². The van der Waals surface area contributed by atoms with Crippen LogP contribution >= 0.6 is 0 Å². The zero-order chi connectivity index (χ0) is 26.4. The minimum atomic E-state index is -6.09. The van der Waals surface area contributed by atoms with Crippen LogP contribution in [-0.2, 0) is 43.5 Å². The maximum Gasteiger partial charge on any atom is 0.485 e. The van der Waals surface area contributed by atoms with E-state index in [1.54, 1.807) is 11.1 Å². The molecule has 0 aromatic carbocycles. The predicted molar refractivity (Wildman–Crippen MR) is 103 cm³/mol. The first-order chi connectivity index (χ1) is 14.6. The molecule has 0 aromatic rings. The number of hydrogen-bond donors (Lipinski definition) is 0. The van der Waals surface area contributed by atoms with Gasteiger partial charge in [0.1, 0.15) is 0 Å². The van der Waals surface area contributed by atoms with Gasteiger partial charge in [0, 0.05) is 0 Å². The van der Waals surface area contributed by atoms with Crippen LogP contribution in [0.25, 0.3) is 0 Å². The zero-order valence-electron chi connectivity index (χ0n) is 17.9. The molecule has 2 aliphatic rings. The van der Waals surface area contributed by atoms with E-state index in [1.165, 1.54) is 12.8 Å². The number of hydrogen-bond acceptors (Lipinski definition) is 6. The molecular formula is C18H22F6O6S2Zr. The molecule has 2 rings (SSSR count). The molecule has 0 fully saturated rings. The molecule has 0 radical (unpaired) electrons. The summed E-state index contributed by atoms with van der Waals surface area (Å²) < 4.78 is 121. The predicted octanol–water partition coefficient (Wildman–Crippen LogP) is 4.91. The van der Waals surface area contributed by atoms with E-state index in [0.717, 1.165) is 0 Å². The second kappa shape index (κ2) is 12.3. The summed E-state index contributed by atoms with van der Waals surface area (Å²) in [5, 5.41) is 0. The molecule has 0 spiro atoms. The third-order valence-electron chi connectivity index (χ3n) is 4.05. The van der Waals surface area contributed by atoms with E-state index in [1.807, 2.05) is 6.56 Å². The monoisotopic (exact) mass is 602 g/mol. The van der Waals surface area contributed by atoms with Crippen LogP contribution in [-0.4, -0.2) is 37.0 Å². The van der Waals surface area contributed by atoms with Crippen LogP contribution in [0.4, 0.5) is 26.3 Å². The van der Waals surface area contributed by atoms with Crippen LogP contribution in [0.5, 0.6) is 0 Å². The Balaban J connectivity index is 0.000000539. The summed E-state index contributed by atoms with van der Waals surface area (Å²) in [5.41, 5.74) is -7.99. The van der Waals surface area contributed by atoms with Crippen molar-refractivity contribution >= 4 is 20.2 Å². The van der Waals surface area contributed by atoms with E-state index < -0.39 is 54.5 Å². The molecule has 0 bridgehead atoms. The Kier molecular flexibility index (Phi) is 12.0. The molecule has 33 heavy (non-hydrogen) atoms. The topological polar surface area (TPSA) is 114 Å². The van der Waals surface area contributed by atoms with Gasteiger partial charge in [-0.15, -0.1) is 0 Å². The molecule has 0 saturated carbocycles. The van der Waals surface area contributed by atoms with Crippen molar-refractivity contribution in [3.05, 3.63) is 42.0 Å². The van der Waals surface area contributed by atoms with Crippen molar-refractivity contribution in [2.24, 2.45) is 11.8 Å². The Morgan fingerprint density at radius 2 is 0.970 bits per heavy atom. The molecule has 188 valence electrons. The second-order valence-electron chi connectivity index (χ2n) is 7.31. The van der Waals surface area contributed by atoms with Crippen molar-refractivity contribution in [1.29, 1.82) is 0 Å². The standard InChI is InChI=1S/2C8H11.2CHF3O3S.Zr/c2*1-7(2)8-5-3-4-6-8;2*2-1(3,4)8(5,6)7;/h2*3,5,7H,4H2,1-2H3;2*(H,5,6,7);/q;;;;+2/p-2. The Labute approximate surface area is 200 Å². The summed E-state index contributed by atoms with van der Waals surface area (Å²) in [5.74, 6) is 1.42. The summed E-state index contributed by atoms with van der Waals surface area (Å²) >= 11 is -0.491. The number of halogens is 6. The first-order valence-corrected chi connectivity index (χ1v) is 14.5. The summed E-state index contributed by atoms with van der Waals surface area (Å²) in [6.45, 7) is 9.31. The maximum absolute atomic E-state index is 10.7. The van der Waals surface area contributed by atoms with Gasteiger partial charge in [-0.2, -0.15) is 26.3 Å². The average Bonchev–Trinajstić information content (AvgIpc) is 3.22. The number of alkyl halides is 6.